The van der Waals surface area contributed by atoms with Crippen LogP contribution in [-0.4, -0.2) is 36.0 Å². The summed E-state index contributed by atoms with van der Waals surface area (Å²) in [5.74, 6) is -0.551. The minimum Gasteiger partial charge on any atom is -0.317 e. The highest BCUT2D eigenvalue weighted by Crippen LogP contribution is 2.20. The van der Waals surface area contributed by atoms with E-state index in [0.29, 0.717) is 18.2 Å². The maximum absolute atomic E-state index is 13.4. The van der Waals surface area contributed by atoms with Crippen LogP contribution < -0.4 is 5.32 Å². The van der Waals surface area contributed by atoms with Crippen LogP contribution in [0, 0.1) is 15.9 Å². The molecule has 5 nitrogen and oxygen atoms in total. The Balaban J connectivity index is 2.06. The Morgan fingerprint density at radius 3 is 2.95 bits per heavy atom. The van der Waals surface area contributed by atoms with Crippen molar-refractivity contribution in [3.63, 3.8) is 0 Å². The lowest BCUT2D eigenvalue weighted by molar-refractivity contribution is -0.385. The van der Waals surface area contributed by atoms with Crippen molar-refractivity contribution in [2.75, 3.05) is 20.1 Å². The highest BCUT2D eigenvalue weighted by molar-refractivity contribution is 5.35. The molecule has 1 atom stereocenters. The second-order valence-corrected chi connectivity index (χ2v) is 5.32. The maximum atomic E-state index is 13.4. The van der Waals surface area contributed by atoms with Gasteiger partial charge in [-0.25, -0.2) is 4.39 Å². The molecule has 0 bridgehead atoms. The van der Waals surface area contributed by atoms with Gasteiger partial charge in [0.05, 0.1) is 11.0 Å². The Bertz CT molecular complexity index is 473. The fraction of sp³-hybridized carbons (Fsp3) is 0.571. The quantitative estimate of drug-likeness (QED) is 0.679. The van der Waals surface area contributed by atoms with Gasteiger partial charge < -0.3 is 5.32 Å². The number of halogens is 1. The monoisotopic (exact) mass is 281 g/mol. The van der Waals surface area contributed by atoms with Gasteiger partial charge in [-0.1, -0.05) is 0 Å². The van der Waals surface area contributed by atoms with E-state index in [4.69, 9.17) is 0 Å². The van der Waals surface area contributed by atoms with Gasteiger partial charge in [0.15, 0.2) is 0 Å². The highest BCUT2D eigenvalue weighted by atomic mass is 19.1. The molecule has 1 saturated heterocycles. The number of benzene rings is 1. The molecule has 1 aromatic rings. The Kier molecular flexibility index (Phi) is 5.03. The summed E-state index contributed by atoms with van der Waals surface area (Å²) in [6, 6.07) is 4.22. The second-order valence-electron chi connectivity index (χ2n) is 5.32. The van der Waals surface area contributed by atoms with E-state index < -0.39 is 10.7 Å². The van der Waals surface area contributed by atoms with Crippen LogP contribution in [-0.2, 0) is 6.54 Å². The summed E-state index contributed by atoms with van der Waals surface area (Å²) in [5, 5.41) is 14.1. The van der Waals surface area contributed by atoms with Crippen LogP contribution in [0.2, 0.25) is 0 Å². The van der Waals surface area contributed by atoms with Crippen LogP contribution in [0.5, 0.6) is 0 Å². The molecular formula is C14H20FN3O2. The van der Waals surface area contributed by atoms with Crippen molar-refractivity contribution in [1.29, 1.82) is 0 Å². The van der Waals surface area contributed by atoms with E-state index in [1.807, 2.05) is 7.05 Å². The summed E-state index contributed by atoms with van der Waals surface area (Å²) in [4.78, 5) is 12.4. The number of hydrogen-bond acceptors (Lipinski definition) is 4. The Morgan fingerprint density at radius 1 is 1.40 bits per heavy atom. The maximum Gasteiger partial charge on any atom is 0.272 e. The van der Waals surface area contributed by atoms with E-state index in [9.17, 15) is 14.5 Å². The Morgan fingerprint density at radius 2 is 2.20 bits per heavy atom. The van der Waals surface area contributed by atoms with Crippen molar-refractivity contribution < 1.29 is 9.31 Å². The number of nitrogens with one attached hydrogen (secondary N) is 1. The molecule has 1 fully saturated rings. The molecule has 1 aromatic carbocycles. The predicted octanol–water partition coefficient (Wildman–Crippen LogP) is 2.31. The Hall–Kier alpha value is -1.53. The van der Waals surface area contributed by atoms with E-state index in [1.54, 1.807) is 0 Å². The average Bonchev–Trinajstić information content (AvgIpc) is 2.66. The summed E-state index contributed by atoms with van der Waals surface area (Å²) < 4.78 is 13.4. The first-order valence-corrected chi connectivity index (χ1v) is 6.91. The van der Waals surface area contributed by atoms with Gasteiger partial charge in [0.25, 0.3) is 5.69 Å². The summed E-state index contributed by atoms with van der Waals surface area (Å²) in [6.45, 7) is 2.55. The molecule has 20 heavy (non-hydrogen) atoms. The van der Waals surface area contributed by atoms with Crippen molar-refractivity contribution in [3.05, 3.63) is 39.7 Å². The number of non-ortho nitro benzene ring substituents is 1. The van der Waals surface area contributed by atoms with Crippen LogP contribution in [0.25, 0.3) is 0 Å². The Labute approximate surface area is 117 Å². The zero-order chi connectivity index (χ0) is 14.5. The zero-order valence-corrected chi connectivity index (χ0v) is 11.6. The molecule has 1 N–H and O–H groups in total. The molecule has 110 valence electrons. The fourth-order valence-electron chi connectivity index (χ4n) is 2.69. The molecule has 0 spiro atoms. The first-order chi connectivity index (χ1) is 9.56. The van der Waals surface area contributed by atoms with Crippen LogP contribution in [0.4, 0.5) is 10.1 Å². The molecule has 1 unspecified atom stereocenters. The molecular weight excluding hydrogens is 261 g/mol. The SMILES string of the molecule is CN(Cc1cc(F)cc([N+](=O)[O-])c1)C1CCCNCC1. The fourth-order valence-corrected chi connectivity index (χ4v) is 2.69. The predicted molar refractivity (Wildman–Crippen MR) is 75.0 cm³/mol. The summed E-state index contributed by atoms with van der Waals surface area (Å²) in [7, 11) is 1.99. The number of rotatable bonds is 4. The van der Waals surface area contributed by atoms with E-state index in [1.165, 1.54) is 12.1 Å². The molecule has 1 heterocycles. The highest BCUT2D eigenvalue weighted by Gasteiger charge is 2.18. The number of nitrogens with zero attached hydrogens (tertiary/aromatic N) is 2. The van der Waals surface area contributed by atoms with Crippen molar-refractivity contribution in [1.82, 2.24) is 10.2 Å². The minimum absolute atomic E-state index is 0.184. The van der Waals surface area contributed by atoms with Gasteiger partial charge in [0.2, 0.25) is 0 Å². The van der Waals surface area contributed by atoms with E-state index in [0.717, 1.165) is 38.4 Å². The van der Waals surface area contributed by atoms with E-state index >= 15 is 0 Å². The lowest BCUT2D eigenvalue weighted by Gasteiger charge is -2.26. The third kappa shape index (κ3) is 3.98. The topological polar surface area (TPSA) is 58.4 Å². The van der Waals surface area contributed by atoms with Crippen LogP contribution in [0.1, 0.15) is 24.8 Å². The largest absolute Gasteiger partial charge is 0.317 e. The standard InChI is InChI=1S/C14H20FN3O2/c1-17(13-3-2-5-16-6-4-13)10-11-7-12(15)9-14(8-11)18(19)20/h7-9,13,16H,2-6,10H2,1H3. The van der Waals surface area contributed by atoms with Crippen molar-refractivity contribution >= 4 is 5.69 Å². The van der Waals surface area contributed by atoms with Crippen LogP contribution >= 0.6 is 0 Å². The summed E-state index contributed by atoms with van der Waals surface area (Å²) in [5.41, 5.74) is 0.465. The van der Waals surface area contributed by atoms with Gasteiger partial charge in [-0.3, -0.25) is 15.0 Å². The molecule has 0 amide bonds. The normalized spacial score (nSPS) is 19.9. The molecule has 2 rings (SSSR count). The molecule has 1 aliphatic heterocycles. The first kappa shape index (κ1) is 14.9. The number of nitro benzene ring substituents is 1. The van der Waals surface area contributed by atoms with E-state index in [-0.39, 0.29) is 5.69 Å². The van der Waals surface area contributed by atoms with Crippen molar-refractivity contribution in [2.45, 2.75) is 31.8 Å². The zero-order valence-electron chi connectivity index (χ0n) is 11.6. The second kappa shape index (κ2) is 6.76. The smallest absolute Gasteiger partial charge is 0.272 e. The minimum atomic E-state index is -0.553. The lowest BCUT2D eigenvalue weighted by atomic mass is 10.1. The summed E-state index contributed by atoms with van der Waals surface area (Å²) in [6.07, 6.45) is 3.27. The molecule has 0 aliphatic carbocycles. The van der Waals surface area contributed by atoms with Crippen molar-refractivity contribution in [3.8, 4) is 0 Å². The molecule has 0 radical (unpaired) electrons. The molecule has 1 aliphatic rings. The third-order valence-electron chi connectivity index (χ3n) is 3.75. The lowest BCUT2D eigenvalue weighted by Crippen LogP contribution is -2.32. The molecule has 0 aromatic heterocycles. The van der Waals surface area contributed by atoms with Gasteiger partial charge in [-0.2, -0.15) is 0 Å². The van der Waals surface area contributed by atoms with Crippen molar-refractivity contribution in [2.24, 2.45) is 0 Å². The van der Waals surface area contributed by atoms with Crippen LogP contribution in [0.3, 0.4) is 0 Å². The molecule has 0 saturated carbocycles. The summed E-state index contributed by atoms with van der Waals surface area (Å²) >= 11 is 0. The van der Waals surface area contributed by atoms with Crippen LogP contribution in [0.15, 0.2) is 18.2 Å². The van der Waals surface area contributed by atoms with Gasteiger partial charge in [0, 0.05) is 18.7 Å². The number of hydrogen-bond donors (Lipinski definition) is 1. The third-order valence-corrected chi connectivity index (χ3v) is 3.75. The van der Waals surface area contributed by atoms with Gasteiger partial charge in [-0.05, 0) is 51.0 Å². The number of nitro groups is 1. The average molecular weight is 281 g/mol. The first-order valence-electron chi connectivity index (χ1n) is 6.91. The van der Waals surface area contributed by atoms with E-state index in [2.05, 4.69) is 10.2 Å². The molecule has 6 heteroatoms. The van der Waals surface area contributed by atoms with Gasteiger partial charge in [-0.15, -0.1) is 0 Å². The van der Waals surface area contributed by atoms with Gasteiger partial charge >= 0.3 is 0 Å². The van der Waals surface area contributed by atoms with Gasteiger partial charge in [0.1, 0.15) is 5.82 Å².